The van der Waals surface area contributed by atoms with E-state index in [0.717, 1.165) is 11.1 Å². The number of hydrazone groups is 1. The number of nitrogens with one attached hydrogen (secondary N) is 1. The number of carboxylic acids is 1. The molecule has 0 atom stereocenters. The zero-order valence-electron chi connectivity index (χ0n) is 13.7. The number of benzene rings is 2. The normalized spacial score (nSPS) is 10.7. The predicted octanol–water partition coefficient (Wildman–Crippen LogP) is 1.85. The van der Waals surface area contributed by atoms with E-state index in [2.05, 4.69) is 10.5 Å². The van der Waals surface area contributed by atoms with E-state index in [9.17, 15) is 14.7 Å². The number of aromatic carboxylic acids is 1. The second-order valence-corrected chi connectivity index (χ2v) is 5.74. The third-order valence-electron chi connectivity index (χ3n) is 3.33. The minimum absolute atomic E-state index is 0.0723. The van der Waals surface area contributed by atoms with Crippen molar-refractivity contribution in [3.8, 4) is 5.75 Å². The van der Waals surface area contributed by atoms with Gasteiger partial charge >= 0.3 is 0 Å². The number of carboxylic acid groups (broad SMARTS) is 1. The molecule has 0 aliphatic carbocycles. The highest BCUT2D eigenvalue weighted by molar-refractivity contribution is 6.32. The standard InChI is InChI=1S/C18H17ClN2O4/c1-11-7-15(8-12(2)17(11)19)25-10-16(22)21-20-9-13-3-5-14(6-4-13)18(23)24/h3-9H,10H2,1-2H3,(H,21,22)(H,23,24)/p-1/b20-9-. The number of carbonyl (C=O) groups excluding carboxylic acids is 2. The van der Waals surface area contributed by atoms with Gasteiger partial charge in [-0.1, -0.05) is 35.9 Å². The maximum absolute atomic E-state index is 11.7. The first kappa shape index (κ1) is 18.5. The number of halogens is 1. The number of amides is 1. The summed E-state index contributed by atoms with van der Waals surface area (Å²) in [6.45, 7) is 3.53. The molecule has 0 saturated heterocycles. The molecule has 25 heavy (non-hydrogen) atoms. The third-order valence-corrected chi connectivity index (χ3v) is 3.93. The molecule has 0 fully saturated rings. The van der Waals surface area contributed by atoms with Gasteiger partial charge in [-0.05, 0) is 48.2 Å². The number of ether oxygens (including phenoxy) is 1. The Morgan fingerprint density at radius 1 is 1.20 bits per heavy atom. The average molecular weight is 360 g/mol. The van der Waals surface area contributed by atoms with Gasteiger partial charge in [0.2, 0.25) is 0 Å². The van der Waals surface area contributed by atoms with Crippen LogP contribution in [0.5, 0.6) is 5.75 Å². The lowest BCUT2D eigenvalue weighted by Gasteiger charge is -2.09. The Morgan fingerprint density at radius 3 is 2.36 bits per heavy atom. The summed E-state index contributed by atoms with van der Waals surface area (Å²) >= 11 is 6.08. The number of hydrogen-bond donors (Lipinski definition) is 1. The van der Waals surface area contributed by atoms with Crippen molar-refractivity contribution in [2.75, 3.05) is 6.61 Å². The largest absolute Gasteiger partial charge is 0.545 e. The highest BCUT2D eigenvalue weighted by atomic mass is 35.5. The van der Waals surface area contributed by atoms with Crippen LogP contribution < -0.4 is 15.3 Å². The number of hydrogen-bond acceptors (Lipinski definition) is 5. The predicted molar refractivity (Wildman–Crippen MR) is 92.9 cm³/mol. The van der Waals surface area contributed by atoms with Crippen LogP contribution in [-0.4, -0.2) is 24.7 Å². The molecule has 2 aromatic rings. The van der Waals surface area contributed by atoms with Crippen LogP contribution in [0.15, 0.2) is 41.5 Å². The van der Waals surface area contributed by atoms with Crippen molar-refractivity contribution in [2.24, 2.45) is 5.10 Å². The lowest BCUT2D eigenvalue weighted by Crippen LogP contribution is -2.24. The van der Waals surface area contributed by atoms with E-state index in [-0.39, 0.29) is 12.2 Å². The summed E-state index contributed by atoms with van der Waals surface area (Å²) in [5.41, 5.74) is 4.78. The van der Waals surface area contributed by atoms with Crippen molar-refractivity contribution >= 4 is 29.7 Å². The Kier molecular flexibility index (Phi) is 6.14. The number of rotatable bonds is 6. The van der Waals surface area contributed by atoms with Crippen molar-refractivity contribution in [1.29, 1.82) is 0 Å². The van der Waals surface area contributed by atoms with E-state index in [1.807, 2.05) is 13.8 Å². The van der Waals surface area contributed by atoms with Gasteiger partial charge in [0.15, 0.2) is 6.61 Å². The van der Waals surface area contributed by atoms with Crippen molar-refractivity contribution < 1.29 is 19.4 Å². The van der Waals surface area contributed by atoms with E-state index in [0.29, 0.717) is 16.3 Å². The van der Waals surface area contributed by atoms with Crippen LogP contribution in [-0.2, 0) is 4.79 Å². The molecule has 0 unspecified atom stereocenters. The molecule has 7 heteroatoms. The maximum Gasteiger partial charge on any atom is 0.277 e. The molecule has 0 bridgehead atoms. The molecule has 0 aromatic heterocycles. The fourth-order valence-electron chi connectivity index (χ4n) is 2.05. The van der Waals surface area contributed by atoms with Crippen LogP contribution in [0.2, 0.25) is 5.02 Å². The topological polar surface area (TPSA) is 90.8 Å². The summed E-state index contributed by atoms with van der Waals surface area (Å²) in [5, 5.41) is 15.1. The van der Waals surface area contributed by atoms with E-state index in [4.69, 9.17) is 16.3 Å². The van der Waals surface area contributed by atoms with Crippen LogP contribution in [0.3, 0.4) is 0 Å². The van der Waals surface area contributed by atoms with Crippen LogP contribution in [0.4, 0.5) is 0 Å². The molecular weight excluding hydrogens is 344 g/mol. The zero-order valence-corrected chi connectivity index (χ0v) is 14.5. The van der Waals surface area contributed by atoms with Gasteiger partial charge in [0.1, 0.15) is 5.75 Å². The third kappa shape index (κ3) is 5.32. The van der Waals surface area contributed by atoms with Crippen molar-refractivity contribution in [1.82, 2.24) is 5.43 Å². The van der Waals surface area contributed by atoms with E-state index in [1.54, 1.807) is 24.3 Å². The maximum atomic E-state index is 11.7. The lowest BCUT2D eigenvalue weighted by molar-refractivity contribution is -0.255. The van der Waals surface area contributed by atoms with Crippen LogP contribution in [0, 0.1) is 13.8 Å². The zero-order chi connectivity index (χ0) is 18.4. The molecule has 0 aliphatic heterocycles. The Hall–Kier alpha value is -2.86. The van der Waals surface area contributed by atoms with Crippen LogP contribution in [0.25, 0.3) is 0 Å². The van der Waals surface area contributed by atoms with Crippen LogP contribution >= 0.6 is 11.6 Å². The molecule has 0 spiro atoms. The van der Waals surface area contributed by atoms with Gasteiger partial charge in [-0.2, -0.15) is 5.10 Å². The highest BCUT2D eigenvalue weighted by Gasteiger charge is 2.06. The molecule has 0 radical (unpaired) electrons. The Morgan fingerprint density at radius 2 is 1.80 bits per heavy atom. The molecule has 6 nitrogen and oxygen atoms in total. The minimum atomic E-state index is -1.25. The SMILES string of the molecule is Cc1cc(OCC(=O)N/N=C\c2ccc(C(=O)[O-])cc2)cc(C)c1Cl. The Balaban J connectivity index is 1.85. The van der Waals surface area contributed by atoms with Gasteiger partial charge in [-0.3, -0.25) is 4.79 Å². The summed E-state index contributed by atoms with van der Waals surface area (Å²) in [5.74, 6) is -1.12. The molecule has 0 saturated carbocycles. The number of carbonyl (C=O) groups is 2. The van der Waals surface area contributed by atoms with E-state index < -0.39 is 11.9 Å². The molecule has 2 rings (SSSR count). The summed E-state index contributed by atoms with van der Waals surface area (Å²) in [7, 11) is 0. The van der Waals surface area contributed by atoms with Gasteiger partial charge < -0.3 is 14.6 Å². The Labute approximate surface area is 150 Å². The molecular formula is C18H16ClN2O4-. The molecule has 1 amide bonds. The lowest BCUT2D eigenvalue weighted by atomic mass is 10.1. The summed E-state index contributed by atoms with van der Waals surface area (Å²) < 4.78 is 5.41. The summed E-state index contributed by atoms with van der Waals surface area (Å²) in [6.07, 6.45) is 1.40. The minimum Gasteiger partial charge on any atom is -0.545 e. The molecule has 0 heterocycles. The fraction of sp³-hybridized carbons (Fsp3) is 0.167. The quantitative estimate of drug-likeness (QED) is 0.629. The van der Waals surface area contributed by atoms with Crippen molar-refractivity contribution in [2.45, 2.75) is 13.8 Å². The summed E-state index contributed by atoms with van der Waals surface area (Å²) in [4.78, 5) is 22.4. The average Bonchev–Trinajstić information content (AvgIpc) is 2.58. The Bertz CT molecular complexity index is 793. The first-order valence-electron chi connectivity index (χ1n) is 7.39. The second-order valence-electron chi connectivity index (χ2n) is 5.36. The van der Waals surface area contributed by atoms with E-state index in [1.165, 1.54) is 18.3 Å². The molecule has 2 aromatic carbocycles. The molecule has 130 valence electrons. The monoisotopic (exact) mass is 359 g/mol. The fourth-order valence-corrected chi connectivity index (χ4v) is 2.16. The van der Waals surface area contributed by atoms with E-state index >= 15 is 0 Å². The smallest absolute Gasteiger partial charge is 0.277 e. The highest BCUT2D eigenvalue weighted by Crippen LogP contribution is 2.25. The van der Waals surface area contributed by atoms with Gasteiger partial charge in [0, 0.05) is 5.02 Å². The molecule has 1 N–H and O–H groups in total. The van der Waals surface area contributed by atoms with Gasteiger partial charge in [0.25, 0.3) is 5.91 Å². The molecule has 0 aliphatic rings. The van der Waals surface area contributed by atoms with Crippen LogP contribution in [0.1, 0.15) is 27.0 Å². The van der Waals surface area contributed by atoms with Gasteiger partial charge in [-0.25, -0.2) is 5.43 Å². The number of nitrogens with zero attached hydrogens (tertiary/aromatic N) is 1. The second kappa shape index (κ2) is 8.30. The van der Waals surface area contributed by atoms with Crippen molar-refractivity contribution in [3.05, 3.63) is 63.7 Å². The van der Waals surface area contributed by atoms with Crippen molar-refractivity contribution in [3.63, 3.8) is 0 Å². The first-order valence-corrected chi connectivity index (χ1v) is 7.77. The first-order chi connectivity index (χ1) is 11.9. The van der Waals surface area contributed by atoms with Gasteiger partial charge in [-0.15, -0.1) is 0 Å². The number of aryl methyl sites for hydroxylation is 2. The van der Waals surface area contributed by atoms with Gasteiger partial charge in [0.05, 0.1) is 12.2 Å². The summed E-state index contributed by atoms with van der Waals surface area (Å²) in [6, 6.07) is 9.40.